The van der Waals surface area contributed by atoms with E-state index in [1.807, 2.05) is 0 Å². The number of nitrogens with one attached hydrogen (secondary N) is 4. The lowest BCUT2D eigenvalue weighted by Crippen LogP contribution is -2.16. The van der Waals surface area contributed by atoms with Gasteiger partial charge < -0.3 is 20.6 Å². The third-order valence-electron chi connectivity index (χ3n) is 9.11. The zero-order chi connectivity index (χ0) is 35.2. The van der Waals surface area contributed by atoms with E-state index in [1.54, 1.807) is 24.3 Å². The number of sulfone groups is 2. The standard InChI is InChI=1S/2C18H16F2N2O2S/c19-15-3-1-12(10-16(15)20)25(23,24)11-2-4-17-14(9-11)13-5-7-21-8-6-18(13)22-17;19-11-7-12(20)9-14(8-11)25(23,24)13-1-2-17-16(10-13)15-3-5-21-6-4-18(15)22-17/h1-4,9-10,21-22H,5-8H2;1-2,7-10,21-22H,3-6H2. The Morgan fingerprint density at radius 2 is 0.900 bits per heavy atom. The first-order chi connectivity index (χ1) is 23.9. The average molecular weight is 725 g/mol. The molecule has 0 aliphatic carbocycles. The Kier molecular flexibility index (Phi) is 9.05. The minimum absolute atomic E-state index is 0.0315. The fourth-order valence-corrected chi connectivity index (χ4v) is 9.23. The van der Waals surface area contributed by atoms with Crippen molar-refractivity contribution in [3.8, 4) is 0 Å². The smallest absolute Gasteiger partial charge is 0.206 e. The second kappa shape index (κ2) is 13.3. The molecule has 0 saturated carbocycles. The normalized spacial score (nSPS) is 15.1. The Balaban J connectivity index is 0.000000157. The van der Waals surface area contributed by atoms with Gasteiger partial charge in [0.15, 0.2) is 11.6 Å². The van der Waals surface area contributed by atoms with Crippen molar-refractivity contribution in [2.75, 3.05) is 26.2 Å². The SMILES string of the molecule is O=S(=O)(c1cc(F)cc(F)c1)c1ccc2[nH]c3c(c2c1)CCNCC3.O=S(=O)(c1ccc(F)c(F)c1)c1ccc2[nH]c3c(c2c1)CCNCC3. The van der Waals surface area contributed by atoms with E-state index >= 15 is 0 Å². The summed E-state index contributed by atoms with van der Waals surface area (Å²) in [4.78, 5) is 6.15. The van der Waals surface area contributed by atoms with Crippen LogP contribution in [0.5, 0.6) is 0 Å². The van der Waals surface area contributed by atoms with Gasteiger partial charge in [0.25, 0.3) is 0 Å². The number of benzene rings is 4. The number of aromatic amines is 2. The molecule has 4 aromatic carbocycles. The number of aromatic nitrogens is 2. The van der Waals surface area contributed by atoms with Crippen LogP contribution in [0.3, 0.4) is 0 Å². The number of halogens is 4. The van der Waals surface area contributed by atoms with Crippen LogP contribution in [0.2, 0.25) is 0 Å². The Morgan fingerprint density at radius 1 is 0.460 bits per heavy atom. The van der Waals surface area contributed by atoms with Crippen molar-refractivity contribution in [3.05, 3.63) is 119 Å². The van der Waals surface area contributed by atoms with Crippen LogP contribution in [0, 0.1) is 23.3 Å². The first kappa shape index (κ1) is 34.0. The number of H-pyrrole nitrogens is 2. The molecule has 2 aliphatic rings. The van der Waals surface area contributed by atoms with Gasteiger partial charge in [-0.1, -0.05) is 0 Å². The zero-order valence-electron chi connectivity index (χ0n) is 26.5. The van der Waals surface area contributed by atoms with E-state index in [1.165, 1.54) is 12.1 Å². The van der Waals surface area contributed by atoms with Crippen LogP contribution in [0.25, 0.3) is 21.8 Å². The van der Waals surface area contributed by atoms with Crippen LogP contribution in [0.15, 0.2) is 92.4 Å². The van der Waals surface area contributed by atoms with Gasteiger partial charge in [0, 0.05) is 65.2 Å². The quantitative estimate of drug-likeness (QED) is 0.132. The lowest BCUT2D eigenvalue weighted by Gasteiger charge is -2.06. The maximum Gasteiger partial charge on any atom is 0.206 e. The maximum atomic E-state index is 13.4. The predicted octanol–water partition coefficient (Wildman–Crippen LogP) is 5.93. The summed E-state index contributed by atoms with van der Waals surface area (Å²) in [6, 6.07) is 14.6. The zero-order valence-corrected chi connectivity index (χ0v) is 28.2. The van der Waals surface area contributed by atoms with E-state index in [0.29, 0.717) is 6.07 Å². The van der Waals surface area contributed by atoms with Gasteiger partial charge >= 0.3 is 0 Å². The first-order valence-corrected chi connectivity index (χ1v) is 19.0. The molecule has 2 aliphatic heterocycles. The molecular weight excluding hydrogens is 693 g/mol. The van der Waals surface area contributed by atoms with Gasteiger partial charge in [0.1, 0.15) is 11.6 Å². The van der Waals surface area contributed by atoms with Crippen LogP contribution in [0.1, 0.15) is 22.5 Å². The van der Waals surface area contributed by atoms with Crippen LogP contribution in [-0.2, 0) is 45.4 Å². The van der Waals surface area contributed by atoms with Gasteiger partial charge in [0.2, 0.25) is 19.7 Å². The van der Waals surface area contributed by atoms with E-state index in [0.717, 1.165) is 127 Å². The third kappa shape index (κ3) is 6.43. The molecule has 0 unspecified atom stereocenters. The van der Waals surface area contributed by atoms with Crippen molar-refractivity contribution in [3.63, 3.8) is 0 Å². The molecule has 14 heteroatoms. The van der Waals surface area contributed by atoms with Crippen LogP contribution >= 0.6 is 0 Å². The Morgan fingerprint density at radius 3 is 1.40 bits per heavy atom. The molecule has 0 spiro atoms. The molecule has 0 radical (unpaired) electrons. The summed E-state index contributed by atoms with van der Waals surface area (Å²) in [5.74, 6) is -4.08. The van der Waals surface area contributed by atoms with Crippen LogP contribution in [-0.4, -0.2) is 53.0 Å². The third-order valence-corrected chi connectivity index (χ3v) is 12.6. The highest BCUT2D eigenvalue weighted by Crippen LogP contribution is 2.32. The molecule has 260 valence electrons. The Hall–Kier alpha value is -4.50. The van der Waals surface area contributed by atoms with Crippen molar-refractivity contribution >= 4 is 41.5 Å². The number of hydrogen-bond acceptors (Lipinski definition) is 6. The van der Waals surface area contributed by atoms with Crippen molar-refractivity contribution in [2.45, 2.75) is 45.3 Å². The van der Waals surface area contributed by atoms with E-state index in [2.05, 4.69) is 20.6 Å². The van der Waals surface area contributed by atoms with E-state index in [-0.39, 0.29) is 19.6 Å². The van der Waals surface area contributed by atoms with Gasteiger partial charge in [-0.05, 0) is 104 Å². The molecule has 8 rings (SSSR count). The summed E-state index contributed by atoms with van der Waals surface area (Å²) in [5, 5.41) is 8.33. The lowest BCUT2D eigenvalue weighted by molar-refractivity contribution is 0.504. The van der Waals surface area contributed by atoms with Gasteiger partial charge in [-0.2, -0.15) is 0 Å². The molecule has 50 heavy (non-hydrogen) atoms. The summed E-state index contributed by atoms with van der Waals surface area (Å²) >= 11 is 0. The van der Waals surface area contributed by atoms with Crippen LogP contribution in [0.4, 0.5) is 17.6 Å². The monoisotopic (exact) mass is 724 g/mol. The summed E-state index contributed by atoms with van der Waals surface area (Å²) in [6.07, 6.45) is 3.31. The molecule has 0 atom stereocenters. The summed E-state index contributed by atoms with van der Waals surface area (Å²) in [5.41, 5.74) is 6.19. The summed E-state index contributed by atoms with van der Waals surface area (Å²) < 4.78 is 105. The van der Waals surface area contributed by atoms with Gasteiger partial charge in [-0.15, -0.1) is 0 Å². The molecule has 0 saturated heterocycles. The molecule has 0 fully saturated rings. The van der Waals surface area contributed by atoms with E-state index < -0.39 is 42.9 Å². The fraction of sp³-hybridized carbons (Fsp3) is 0.222. The fourth-order valence-electron chi connectivity index (χ4n) is 6.60. The molecule has 6 aromatic rings. The first-order valence-electron chi connectivity index (χ1n) is 16.0. The maximum absolute atomic E-state index is 13.4. The Labute approximate surface area is 285 Å². The lowest BCUT2D eigenvalue weighted by atomic mass is 10.1. The van der Waals surface area contributed by atoms with Gasteiger partial charge in [-0.3, -0.25) is 0 Å². The summed E-state index contributed by atoms with van der Waals surface area (Å²) in [7, 11) is -7.92. The highest BCUT2D eigenvalue weighted by Gasteiger charge is 2.24. The second-order valence-electron chi connectivity index (χ2n) is 12.3. The number of fused-ring (bicyclic) bond motifs is 6. The highest BCUT2D eigenvalue weighted by atomic mass is 32.2. The average Bonchev–Trinajstić information content (AvgIpc) is 3.37. The largest absolute Gasteiger partial charge is 0.358 e. The van der Waals surface area contributed by atoms with E-state index in [4.69, 9.17) is 0 Å². The van der Waals surface area contributed by atoms with E-state index in [9.17, 15) is 34.4 Å². The molecule has 4 N–H and O–H groups in total. The molecule has 0 bridgehead atoms. The van der Waals surface area contributed by atoms with Crippen molar-refractivity contribution in [2.24, 2.45) is 0 Å². The molecule has 8 nitrogen and oxygen atoms in total. The molecule has 0 amide bonds. The number of hydrogen-bond donors (Lipinski definition) is 4. The van der Waals surface area contributed by atoms with Crippen LogP contribution < -0.4 is 10.6 Å². The molecule has 2 aromatic heterocycles. The molecule has 4 heterocycles. The van der Waals surface area contributed by atoms with Crippen molar-refractivity contribution in [1.29, 1.82) is 0 Å². The Bertz CT molecular complexity index is 2470. The molecular formula is C36H32F4N4O4S2. The topological polar surface area (TPSA) is 124 Å². The summed E-state index contributed by atoms with van der Waals surface area (Å²) in [6.45, 7) is 3.40. The number of rotatable bonds is 4. The van der Waals surface area contributed by atoms with Gasteiger partial charge in [-0.25, -0.2) is 34.4 Å². The van der Waals surface area contributed by atoms with Crippen molar-refractivity contribution in [1.82, 2.24) is 20.6 Å². The van der Waals surface area contributed by atoms with Crippen molar-refractivity contribution < 1.29 is 34.4 Å². The highest BCUT2D eigenvalue weighted by molar-refractivity contribution is 7.91. The predicted molar refractivity (Wildman–Crippen MR) is 181 cm³/mol. The minimum atomic E-state index is -4.00. The second-order valence-corrected chi connectivity index (χ2v) is 16.2. The minimum Gasteiger partial charge on any atom is -0.358 e. The van der Waals surface area contributed by atoms with Gasteiger partial charge in [0.05, 0.1) is 19.6 Å².